The van der Waals surface area contributed by atoms with Gasteiger partial charge >= 0.3 is 0 Å². The Morgan fingerprint density at radius 1 is 1.12 bits per heavy atom. The summed E-state index contributed by atoms with van der Waals surface area (Å²) in [5.41, 5.74) is 2.33. The first-order chi connectivity index (χ1) is 11.7. The number of ether oxygens (including phenoxy) is 1. The number of halogens is 1. The van der Waals surface area contributed by atoms with Gasteiger partial charge < -0.3 is 14.6 Å². The highest BCUT2D eigenvalue weighted by Gasteiger charge is 2.11. The number of carbonyl (C=O) groups excluding carboxylic acids is 1. The number of aromatic nitrogens is 1. The van der Waals surface area contributed by atoms with Crippen LogP contribution in [-0.2, 0) is 6.54 Å². The van der Waals surface area contributed by atoms with Crippen molar-refractivity contribution in [2.45, 2.75) is 6.54 Å². The third kappa shape index (κ3) is 3.60. The van der Waals surface area contributed by atoms with Crippen molar-refractivity contribution in [3.05, 3.63) is 83.1 Å². The van der Waals surface area contributed by atoms with Crippen LogP contribution in [0.25, 0.3) is 5.69 Å². The number of amides is 1. The van der Waals surface area contributed by atoms with E-state index in [-0.39, 0.29) is 5.91 Å². The molecule has 0 radical (unpaired) electrons. The van der Waals surface area contributed by atoms with Crippen LogP contribution in [0, 0.1) is 0 Å². The Hall–Kier alpha value is -2.72. The molecule has 0 aliphatic heterocycles. The SMILES string of the molecule is COc1ccc(CNC(=O)c2cc(-n3cccc3)ccc2Cl)cc1. The van der Waals surface area contributed by atoms with Crippen LogP contribution in [-0.4, -0.2) is 17.6 Å². The molecule has 24 heavy (non-hydrogen) atoms. The summed E-state index contributed by atoms with van der Waals surface area (Å²) in [5, 5.41) is 3.32. The summed E-state index contributed by atoms with van der Waals surface area (Å²) in [6, 6.07) is 16.8. The summed E-state index contributed by atoms with van der Waals surface area (Å²) in [7, 11) is 1.62. The number of hydrogen-bond acceptors (Lipinski definition) is 2. The third-order valence-electron chi connectivity index (χ3n) is 3.71. The van der Waals surface area contributed by atoms with Gasteiger partial charge in [0.1, 0.15) is 5.75 Å². The first kappa shape index (κ1) is 16.1. The van der Waals surface area contributed by atoms with Gasteiger partial charge in [-0.05, 0) is 48.0 Å². The van der Waals surface area contributed by atoms with Gasteiger partial charge in [-0.2, -0.15) is 0 Å². The van der Waals surface area contributed by atoms with Gasteiger partial charge in [-0.1, -0.05) is 23.7 Å². The lowest BCUT2D eigenvalue weighted by atomic mass is 10.1. The molecule has 1 heterocycles. The van der Waals surface area contributed by atoms with Crippen LogP contribution >= 0.6 is 11.6 Å². The topological polar surface area (TPSA) is 43.3 Å². The molecule has 122 valence electrons. The highest BCUT2D eigenvalue weighted by Crippen LogP contribution is 2.20. The van der Waals surface area contributed by atoms with Crippen LogP contribution in [0.3, 0.4) is 0 Å². The minimum Gasteiger partial charge on any atom is -0.497 e. The van der Waals surface area contributed by atoms with Crippen molar-refractivity contribution in [2.75, 3.05) is 7.11 Å². The molecule has 3 aromatic rings. The van der Waals surface area contributed by atoms with E-state index in [1.165, 1.54) is 0 Å². The Morgan fingerprint density at radius 3 is 2.50 bits per heavy atom. The van der Waals surface area contributed by atoms with Crippen LogP contribution < -0.4 is 10.1 Å². The Balaban J connectivity index is 1.73. The van der Waals surface area contributed by atoms with Crippen molar-refractivity contribution in [1.82, 2.24) is 9.88 Å². The lowest BCUT2D eigenvalue weighted by molar-refractivity contribution is 0.0951. The molecule has 0 saturated heterocycles. The lowest BCUT2D eigenvalue weighted by Gasteiger charge is -2.10. The van der Waals surface area contributed by atoms with Crippen molar-refractivity contribution in [2.24, 2.45) is 0 Å². The highest BCUT2D eigenvalue weighted by molar-refractivity contribution is 6.33. The zero-order valence-corrected chi connectivity index (χ0v) is 14.0. The van der Waals surface area contributed by atoms with Crippen LogP contribution in [0.4, 0.5) is 0 Å². The molecule has 1 N–H and O–H groups in total. The predicted octanol–water partition coefficient (Wildman–Crippen LogP) is 4.07. The third-order valence-corrected chi connectivity index (χ3v) is 4.04. The summed E-state index contributed by atoms with van der Waals surface area (Å²) in [6.07, 6.45) is 3.84. The molecule has 0 atom stereocenters. The van der Waals surface area contributed by atoms with Crippen molar-refractivity contribution in [3.8, 4) is 11.4 Å². The Kier molecular flexibility index (Phi) is 4.87. The van der Waals surface area contributed by atoms with Gasteiger partial charge in [0.15, 0.2) is 0 Å². The zero-order valence-electron chi connectivity index (χ0n) is 13.2. The normalized spacial score (nSPS) is 10.4. The van der Waals surface area contributed by atoms with Gasteiger partial charge in [0.2, 0.25) is 0 Å². The average molecular weight is 341 g/mol. The van der Waals surface area contributed by atoms with Gasteiger partial charge in [0.05, 0.1) is 17.7 Å². The Labute approximate surface area is 145 Å². The van der Waals surface area contributed by atoms with Crippen molar-refractivity contribution >= 4 is 17.5 Å². The number of nitrogens with one attached hydrogen (secondary N) is 1. The molecular weight excluding hydrogens is 324 g/mol. The van der Waals surface area contributed by atoms with E-state index in [1.807, 2.05) is 59.4 Å². The van der Waals surface area contributed by atoms with E-state index in [2.05, 4.69) is 5.32 Å². The van der Waals surface area contributed by atoms with Gasteiger partial charge in [0, 0.05) is 24.6 Å². The number of benzene rings is 2. The fourth-order valence-corrected chi connectivity index (χ4v) is 2.58. The first-order valence-electron chi connectivity index (χ1n) is 7.51. The van der Waals surface area contributed by atoms with E-state index in [1.54, 1.807) is 19.2 Å². The molecule has 1 amide bonds. The quantitative estimate of drug-likeness (QED) is 0.760. The molecule has 0 spiro atoms. The van der Waals surface area contributed by atoms with E-state index in [0.29, 0.717) is 17.1 Å². The molecule has 5 heteroatoms. The van der Waals surface area contributed by atoms with Crippen LogP contribution in [0.5, 0.6) is 5.75 Å². The molecule has 0 fully saturated rings. The monoisotopic (exact) mass is 340 g/mol. The fourth-order valence-electron chi connectivity index (χ4n) is 2.38. The van der Waals surface area contributed by atoms with E-state index in [4.69, 9.17) is 16.3 Å². The van der Waals surface area contributed by atoms with Gasteiger partial charge in [0.25, 0.3) is 5.91 Å². The second-order valence-corrected chi connectivity index (χ2v) is 5.69. The second kappa shape index (κ2) is 7.23. The Morgan fingerprint density at radius 2 is 1.83 bits per heavy atom. The molecule has 0 aliphatic carbocycles. The minimum atomic E-state index is -0.204. The fraction of sp³-hybridized carbons (Fsp3) is 0.105. The summed E-state index contributed by atoms with van der Waals surface area (Å²) in [5.74, 6) is 0.581. The predicted molar refractivity (Wildman–Crippen MR) is 94.9 cm³/mol. The first-order valence-corrected chi connectivity index (χ1v) is 7.89. The van der Waals surface area contributed by atoms with Crippen LogP contribution in [0.1, 0.15) is 15.9 Å². The second-order valence-electron chi connectivity index (χ2n) is 5.29. The molecule has 2 aromatic carbocycles. The summed E-state index contributed by atoms with van der Waals surface area (Å²) >= 11 is 6.19. The molecule has 0 unspecified atom stereocenters. The van der Waals surface area contributed by atoms with E-state index >= 15 is 0 Å². The smallest absolute Gasteiger partial charge is 0.253 e. The lowest BCUT2D eigenvalue weighted by Crippen LogP contribution is -2.23. The molecule has 1 aromatic heterocycles. The van der Waals surface area contributed by atoms with Gasteiger partial charge in [-0.3, -0.25) is 4.79 Å². The van der Waals surface area contributed by atoms with Crippen molar-refractivity contribution in [1.29, 1.82) is 0 Å². The molecular formula is C19H17ClN2O2. The maximum Gasteiger partial charge on any atom is 0.253 e. The van der Waals surface area contributed by atoms with Gasteiger partial charge in [-0.15, -0.1) is 0 Å². The molecule has 0 saturated carbocycles. The molecule has 0 aliphatic rings. The van der Waals surface area contributed by atoms with Gasteiger partial charge in [-0.25, -0.2) is 0 Å². The van der Waals surface area contributed by atoms with E-state index in [0.717, 1.165) is 17.0 Å². The summed E-state index contributed by atoms with van der Waals surface area (Å²) in [4.78, 5) is 12.5. The molecule has 4 nitrogen and oxygen atoms in total. The van der Waals surface area contributed by atoms with E-state index < -0.39 is 0 Å². The van der Waals surface area contributed by atoms with E-state index in [9.17, 15) is 4.79 Å². The number of carbonyl (C=O) groups is 1. The highest BCUT2D eigenvalue weighted by atomic mass is 35.5. The number of hydrogen-bond donors (Lipinski definition) is 1. The minimum absolute atomic E-state index is 0.204. The number of nitrogens with zero attached hydrogens (tertiary/aromatic N) is 1. The largest absolute Gasteiger partial charge is 0.497 e. The number of rotatable bonds is 5. The maximum atomic E-state index is 12.5. The standard InChI is InChI=1S/C19H17ClN2O2/c1-24-16-7-4-14(5-8-16)13-21-19(23)17-12-15(6-9-18(17)20)22-10-2-3-11-22/h2-12H,13H2,1H3,(H,21,23). The van der Waals surface area contributed by atoms with Crippen molar-refractivity contribution in [3.63, 3.8) is 0 Å². The molecule has 3 rings (SSSR count). The number of methoxy groups -OCH3 is 1. The zero-order chi connectivity index (χ0) is 16.9. The maximum absolute atomic E-state index is 12.5. The van der Waals surface area contributed by atoms with Crippen LogP contribution in [0.15, 0.2) is 67.0 Å². The summed E-state index contributed by atoms with van der Waals surface area (Å²) in [6.45, 7) is 0.424. The van der Waals surface area contributed by atoms with Crippen molar-refractivity contribution < 1.29 is 9.53 Å². The average Bonchev–Trinajstić information content (AvgIpc) is 3.15. The molecule has 0 bridgehead atoms. The Bertz CT molecular complexity index is 827. The summed E-state index contributed by atoms with van der Waals surface area (Å²) < 4.78 is 7.05. The van der Waals surface area contributed by atoms with Crippen LogP contribution in [0.2, 0.25) is 5.02 Å².